The summed E-state index contributed by atoms with van der Waals surface area (Å²) >= 11 is 0. The van der Waals surface area contributed by atoms with Crippen LogP contribution >= 0.6 is 0 Å². The van der Waals surface area contributed by atoms with Crippen LogP contribution in [0.25, 0.3) is 0 Å². The molecule has 12 nitrogen and oxygen atoms in total. The van der Waals surface area contributed by atoms with Crippen LogP contribution in [-0.4, -0.2) is 151 Å². The van der Waals surface area contributed by atoms with Gasteiger partial charge >= 0.3 is 12.2 Å². The monoisotopic (exact) mass is 749 g/mol. The van der Waals surface area contributed by atoms with Crippen LogP contribution in [0.4, 0.5) is 9.59 Å². The van der Waals surface area contributed by atoms with Crippen molar-refractivity contribution in [3.63, 3.8) is 0 Å². The van der Waals surface area contributed by atoms with Crippen molar-refractivity contribution in [3.05, 3.63) is 0 Å². The fourth-order valence-electron chi connectivity index (χ4n) is 8.75. The highest BCUT2D eigenvalue weighted by molar-refractivity contribution is 6.69. The third-order valence-electron chi connectivity index (χ3n) is 11.1. The summed E-state index contributed by atoms with van der Waals surface area (Å²) in [6.45, 7) is 26.7. The number of hydrogen-bond acceptors (Lipinski definition) is 10. The number of hydrogen-bond donors (Lipinski definition) is 2. The summed E-state index contributed by atoms with van der Waals surface area (Å²) in [5.41, 5.74) is -0.763. The summed E-state index contributed by atoms with van der Waals surface area (Å²) in [5.74, 6) is -0.154. The second-order valence-electron chi connectivity index (χ2n) is 19.7. The second kappa shape index (κ2) is 15.6. The van der Waals surface area contributed by atoms with E-state index in [-0.39, 0.29) is 29.2 Å². The Bertz CT molecular complexity index is 1200. The van der Waals surface area contributed by atoms with E-state index >= 15 is 0 Å². The Labute approximate surface area is 315 Å². The number of ether oxygens (including phenoxy) is 3. The summed E-state index contributed by atoms with van der Waals surface area (Å²) in [6.07, 6.45) is 11.5. The van der Waals surface area contributed by atoms with Gasteiger partial charge in [-0.3, -0.25) is 9.80 Å². The Morgan fingerprint density at radius 3 is 1.46 bits per heavy atom. The molecule has 2 N–H and O–H groups in total. The highest BCUT2D eigenvalue weighted by Gasteiger charge is 2.52. The molecule has 0 aromatic rings. The molecule has 8 heterocycles. The zero-order valence-electron chi connectivity index (χ0n) is 34.2. The van der Waals surface area contributed by atoms with E-state index in [9.17, 15) is 9.59 Å². The number of piperazine rings is 3. The normalized spacial score (nSPS) is 32.8. The van der Waals surface area contributed by atoms with Gasteiger partial charge in [-0.1, -0.05) is 0 Å². The molecule has 11 fully saturated rings. The minimum absolute atomic E-state index is 0.136. The van der Waals surface area contributed by atoms with Gasteiger partial charge in [-0.15, -0.1) is 0 Å². The van der Waals surface area contributed by atoms with Crippen LogP contribution in [0.15, 0.2) is 0 Å². The molecule has 298 valence electrons. The average molecular weight is 749 g/mol. The van der Waals surface area contributed by atoms with Gasteiger partial charge in [0.15, 0.2) is 14.1 Å². The number of rotatable bonds is 6. The Balaban J connectivity index is 0.000000121. The molecule has 8 saturated heterocycles. The smallest absolute Gasteiger partial charge is 0.410 e. The first-order valence-corrected chi connectivity index (χ1v) is 24.0. The zero-order chi connectivity index (χ0) is 37.6. The average Bonchev–Trinajstić information content (AvgIpc) is 3.88. The predicted octanol–water partition coefficient (Wildman–Crippen LogP) is 5.37. The highest BCUT2D eigenvalue weighted by atomic mass is 28.4. The number of nitrogens with zero attached hydrogens (tertiary/aromatic N) is 4. The Kier molecular flexibility index (Phi) is 12.0. The molecule has 3 saturated carbocycles. The first-order valence-electron chi connectivity index (χ1n) is 20.6. The summed E-state index contributed by atoms with van der Waals surface area (Å²) < 4.78 is 22.2. The molecule has 6 atom stereocenters. The quantitative estimate of drug-likeness (QED) is 0.272. The van der Waals surface area contributed by atoms with Crippen molar-refractivity contribution in [2.24, 2.45) is 0 Å². The largest absolute Gasteiger partial charge is 0.444 e. The van der Waals surface area contributed by atoms with E-state index in [1.165, 1.54) is 58.0 Å². The van der Waals surface area contributed by atoms with Crippen molar-refractivity contribution in [2.75, 3.05) is 45.9 Å². The third kappa shape index (κ3) is 11.1. The Morgan fingerprint density at radius 2 is 1.10 bits per heavy atom. The molecular weight excluding hydrogens is 677 g/mol. The number of piperidine rings is 3. The van der Waals surface area contributed by atoms with Crippen molar-refractivity contribution in [2.45, 2.75) is 191 Å². The lowest BCUT2D eigenvalue weighted by molar-refractivity contribution is -0.106. The second-order valence-corrected chi connectivity index (χ2v) is 24.2. The van der Waals surface area contributed by atoms with Crippen molar-refractivity contribution in [1.82, 2.24) is 30.2 Å². The third-order valence-corrected chi connectivity index (χ3v) is 12.1. The van der Waals surface area contributed by atoms with Crippen LogP contribution in [0.5, 0.6) is 0 Å². The van der Waals surface area contributed by atoms with Crippen molar-refractivity contribution in [3.8, 4) is 0 Å². The van der Waals surface area contributed by atoms with Gasteiger partial charge in [0.25, 0.3) is 0 Å². The molecule has 3 aliphatic carbocycles. The van der Waals surface area contributed by atoms with E-state index < -0.39 is 8.32 Å². The van der Waals surface area contributed by atoms with Gasteiger partial charge in [0.2, 0.25) is 0 Å². The highest BCUT2D eigenvalue weighted by Crippen LogP contribution is 2.43. The molecular formula is C39H72N6O6Si. The van der Waals surface area contributed by atoms with E-state index in [4.69, 9.17) is 18.6 Å². The van der Waals surface area contributed by atoms with Gasteiger partial charge in [0.05, 0.1) is 0 Å². The maximum absolute atomic E-state index is 12.0. The fourth-order valence-corrected chi connectivity index (χ4v) is 10.1. The number of carbonyl (C=O) groups is 2. The first-order chi connectivity index (χ1) is 24.3. The van der Waals surface area contributed by atoms with Gasteiger partial charge in [-0.2, -0.15) is 0 Å². The SMILES string of the molecule is C1CC1N1C2CNCC1C2.CC(C)(C)OC(=O)N1CC2CC(C1)N2.CC(C)(C)OC(=O)N1CC2CC(C1)N2C1CC1.CCOC1(O[Si](C)(C)C)CC1. The van der Waals surface area contributed by atoms with Crippen LogP contribution in [0.3, 0.4) is 0 Å². The Hall–Kier alpha value is -1.48. The molecule has 0 spiro atoms. The molecule has 13 heteroatoms. The molecule has 0 aromatic heterocycles. The minimum atomic E-state index is -1.39. The minimum Gasteiger partial charge on any atom is -0.444 e. The van der Waals surface area contributed by atoms with Gasteiger partial charge in [0.1, 0.15) is 11.2 Å². The van der Waals surface area contributed by atoms with Crippen LogP contribution in [0, 0.1) is 0 Å². The summed E-state index contributed by atoms with van der Waals surface area (Å²) in [5, 5.41) is 6.83. The fraction of sp³-hybridized carbons (Fsp3) is 0.949. The molecule has 11 rings (SSSR count). The molecule has 8 aliphatic heterocycles. The van der Waals surface area contributed by atoms with E-state index in [2.05, 4.69) is 40.1 Å². The van der Waals surface area contributed by atoms with Gasteiger partial charge in [0, 0.05) is 107 Å². The maximum Gasteiger partial charge on any atom is 0.410 e. The van der Waals surface area contributed by atoms with Crippen molar-refractivity contribution < 1.29 is 28.2 Å². The lowest BCUT2D eigenvalue weighted by atomic mass is 9.87. The van der Waals surface area contributed by atoms with E-state index in [1.807, 2.05) is 53.4 Å². The predicted molar refractivity (Wildman–Crippen MR) is 206 cm³/mol. The molecule has 11 aliphatic rings. The summed E-state index contributed by atoms with van der Waals surface area (Å²) in [6, 6.07) is 5.90. The molecule has 0 aromatic carbocycles. The molecule has 0 radical (unpaired) electrons. The lowest BCUT2D eigenvalue weighted by Crippen LogP contribution is -2.70. The van der Waals surface area contributed by atoms with Crippen molar-refractivity contribution in [1.29, 1.82) is 0 Å². The van der Waals surface area contributed by atoms with E-state index in [1.54, 1.807) is 4.90 Å². The lowest BCUT2D eigenvalue weighted by Gasteiger charge is -2.56. The van der Waals surface area contributed by atoms with Gasteiger partial charge in [-0.05, 0) is 113 Å². The van der Waals surface area contributed by atoms with Crippen molar-refractivity contribution >= 4 is 20.5 Å². The number of nitrogens with one attached hydrogen (secondary N) is 2. The summed E-state index contributed by atoms with van der Waals surface area (Å²) in [7, 11) is -1.39. The number of carbonyl (C=O) groups excluding carboxylic acids is 2. The number of amides is 2. The standard InChI is InChI=1S/C13H22N2O2.C10H18N2O2.C8H14N2.C8H18O2Si/c1-13(2,3)17-12(16)14-7-10-6-11(8-14)15(10)9-4-5-9;1-10(2,3)14-9(13)12-5-7-4-8(6-12)11-7;1-2-6(1)10-7-3-8(10)5-9-4-7;1-5-9-8(6-7-8)10-11(2,3)4/h9-11H,4-8H2,1-3H3;7-8,11H,4-6H2,1-3H3;6-9H,1-5H2;5-7H2,1-4H3. The van der Waals surface area contributed by atoms with E-state index in [0.29, 0.717) is 24.2 Å². The molecule has 6 unspecified atom stereocenters. The number of fused-ring (bicyclic) bond motifs is 6. The van der Waals surface area contributed by atoms with Crippen LogP contribution < -0.4 is 10.6 Å². The van der Waals surface area contributed by atoms with Crippen LogP contribution in [-0.2, 0) is 18.6 Å². The van der Waals surface area contributed by atoms with E-state index in [0.717, 1.165) is 69.8 Å². The zero-order valence-corrected chi connectivity index (χ0v) is 35.2. The summed E-state index contributed by atoms with van der Waals surface area (Å²) in [4.78, 5) is 32.7. The molecule has 2 amide bonds. The van der Waals surface area contributed by atoms with Crippen LogP contribution in [0.1, 0.15) is 106 Å². The topological polar surface area (TPSA) is 108 Å². The molecule has 52 heavy (non-hydrogen) atoms. The first kappa shape index (κ1) is 40.2. The van der Waals surface area contributed by atoms with Gasteiger partial charge in [-0.25, -0.2) is 9.59 Å². The Morgan fingerprint density at radius 1 is 0.673 bits per heavy atom. The van der Waals surface area contributed by atoms with Gasteiger partial charge < -0.3 is 39.1 Å². The van der Waals surface area contributed by atoms with Crippen LogP contribution in [0.2, 0.25) is 19.6 Å². The molecule has 6 bridgehead atoms. The maximum atomic E-state index is 12.0.